The minimum Gasteiger partial charge on any atom is -0.270 e. The number of rotatable bonds is 6. The Labute approximate surface area is 125 Å². The quantitative estimate of drug-likeness (QED) is 0.831. The SMILES string of the molecule is CCCCn1c(SCc2c(F)cccc2Cl)n[nH]c1=O. The van der Waals surface area contributed by atoms with Crippen molar-refractivity contribution in [3.05, 3.63) is 45.1 Å². The predicted octanol–water partition coefficient (Wildman–Crippen LogP) is 3.46. The summed E-state index contributed by atoms with van der Waals surface area (Å²) in [4.78, 5) is 11.6. The number of hydrogen-bond donors (Lipinski definition) is 1. The lowest BCUT2D eigenvalue weighted by Gasteiger charge is -2.06. The minimum absolute atomic E-state index is 0.236. The van der Waals surface area contributed by atoms with Crippen LogP contribution in [0.3, 0.4) is 0 Å². The Hall–Kier alpha value is -1.27. The van der Waals surface area contributed by atoms with Gasteiger partial charge >= 0.3 is 5.69 Å². The van der Waals surface area contributed by atoms with Crippen LogP contribution >= 0.6 is 23.4 Å². The van der Waals surface area contributed by atoms with E-state index in [2.05, 4.69) is 17.1 Å². The molecule has 2 rings (SSSR count). The van der Waals surface area contributed by atoms with Crippen LogP contribution < -0.4 is 5.69 Å². The number of thioether (sulfide) groups is 1. The molecule has 0 aliphatic heterocycles. The zero-order chi connectivity index (χ0) is 14.5. The standard InChI is InChI=1S/C13H15ClFN3OS/c1-2-3-7-18-12(19)16-17-13(18)20-8-9-10(14)5-4-6-11(9)15/h4-6H,2-3,7-8H2,1H3,(H,16,19). The highest BCUT2D eigenvalue weighted by molar-refractivity contribution is 7.98. The second kappa shape index (κ2) is 6.95. The van der Waals surface area contributed by atoms with Crippen LogP contribution in [0.15, 0.2) is 28.2 Å². The first kappa shape index (κ1) is 15.1. The lowest BCUT2D eigenvalue weighted by molar-refractivity contribution is 0.572. The highest BCUT2D eigenvalue weighted by Crippen LogP contribution is 2.27. The fourth-order valence-electron chi connectivity index (χ4n) is 1.73. The Morgan fingerprint density at radius 2 is 2.30 bits per heavy atom. The van der Waals surface area contributed by atoms with E-state index in [4.69, 9.17) is 11.6 Å². The Morgan fingerprint density at radius 1 is 1.50 bits per heavy atom. The highest BCUT2D eigenvalue weighted by atomic mass is 35.5. The molecule has 0 aliphatic rings. The molecular formula is C13H15ClFN3OS. The number of unbranched alkanes of at least 4 members (excludes halogenated alkanes) is 1. The first-order chi connectivity index (χ1) is 9.63. The van der Waals surface area contributed by atoms with Crippen molar-refractivity contribution in [2.45, 2.75) is 37.2 Å². The average Bonchev–Trinajstić information content (AvgIpc) is 2.77. The predicted molar refractivity (Wildman–Crippen MR) is 78.7 cm³/mol. The lowest BCUT2D eigenvalue weighted by atomic mass is 10.2. The van der Waals surface area contributed by atoms with Gasteiger partial charge in [-0.1, -0.05) is 42.8 Å². The van der Waals surface area contributed by atoms with Crippen LogP contribution in [0.25, 0.3) is 0 Å². The summed E-state index contributed by atoms with van der Waals surface area (Å²) in [6.07, 6.45) is 1.88. The number of halogens is 2. The third kappa shape index (κ3) is 3.43. The normalized spacial score (nSPS) is 10.9. The molecule has 4 nitrogen and oxygen atoms in total. The van der Waals surface area contributed by atoms with Gasteiger partial charge in [-0.25, -0.2) is 14.3 Å². The molecule has 7 heteroatoms. The molecule has 0 amide bonds. The van der Waals surface area contributed by atoms with Gasteiger partial charge in [0.1, 0.15) is 5.82 Å². The lowest BCUT2D eigenvalue weighted by Crippen LogP contribution is -2.17. The van der Waals surface area contributed by atoms with Crippen LogP contribution in [0, 0.1) is 5.82 Å². The van der Waals surface area contributed by atoms with Crippen LogP contribution in [0.5, 0.6) is 0 Å². The Kier molecular flexibility index (Phi) is 5.25. The van der Waals surface area contributed by atoms with E-state index >= 15 is 0 Å². The van der Waals surface area contributed by atoms with Crippen molar-refractivity contribution in [1.29, 1.82) is 0 Å². The van der Waals surface area contributed by atoms with Crippen LogP contribution in [-0.2, 0) is 12.3 Å². The summed E-state index contributed by atoms with van der Waals surface area (Å²) in [6.45, 7) is 2.66. The summed E-state index contributed by atoms with van der Waals surface area (Å²) in [6, 6.07) is 4.59. The summed E-state index contributed by atoms with van der Waals surface area (Å²) in [5.74, 6) is -0.00921. The van der Waals surface area contributed by atoms with Gasteiger partial charge in [0.05, 0.1) is 0 Å². The van der Waals surface area contributed by atoms with Gasteiger partial charge in [0.15, 0.2) is 5.16 Å². The van der Waals surface area contributed by atoms with Gasteiger partial charge in [0.25, 0.3) is 0 Å². The Balaban J connectivity index is 2.13. The molecule has 1 heterocycles. The van der Waals surface area contributed by atoms with E-state index in [1.165, 1.54) is 17.8 Å². The summed E-state index contributed by atoms with van der Waals surface area (Å²) >= 11 is 7.27. The second-order valence-corrected chi connectivity index (χ2v) is 5.66. The molecule has 1 aromatic carbocycles. The summed E-state index contributed by atoms with van der Waals surface area (Å²) in [5, 5.41) is 7.33. The zero-order valence-electron chi connectivity index (χ0n) is 11.0. The van der Waals surface area contributed by atoms with Gasteiger partial charge in [-0.2, -0.15) is 0 Å². The number of hydrogen-bond acceptors (Lipinski definition) is 3. The van der Waals surface area contributed by atoms with Gasteiger partial charge in [-0.05, 0) is 18.6 Å². The molecule has 0 saturated carbocycles. The first-order valence-corrected chi connectivity index (χ1v) is 7.70. The number of nitrogens with zero attached hydrogens (tertiary/aromatic N) is 2. The van der Waals surface area contributed by atoms with E-state index < -0.39 is 0 Å². The van der Waals surface area contributed by atoms with Crippen LogP contribution in [0.4, 0.5) is 4.39 Å². The molecule has 0 aliphatic carbocycles. The molecule has 0 radical (unpaired) electrons. The maximum atomic E-state index is 13.7. The number of aromatic amines is 1. The summed E-state index contributed by atoms with van der Waals surface area (Å²) < 4.78 is 15.2. The molecule has 0 fully saturated rings. The number of aromatic nitrogens is 3. The zero-order valence-corrected chi connectivity index (χ0v) is 12.6. The van der Waals surface area contributed by atoms with Crippen molar-refractivity contribution in [3.8, 4) is 0 Å². The molecular weight excluding hydrogens is 301 g/mol. The van der Waals surface area contributed by atoms with E-state index in [0.29, 0.717) is 28.0 Å². The van der Waals surface area contributed by atoms with Crippen molar-refractivity contribution < 1.29 is 4.39 Å². The fourth-order valence-corrected chi connectivity index (χ4v) is 3.05. The van der Waals surface area contributed by atoms with Crippen molar-refractivity contribution >= 4 is 23.4 Å². The van der Waals surface area contributed by atoms with Crippen molar-refractivity contribution in [3.63, 3.8) is 0 Å². The third-order valence-corrected chi connectivity index (χ3v) is 4.22. The smallest absolute Gasteiger partial charge is 0.270 e. The maximum absolute atomic E-state index is 13.7. The van der Waals surface area contributed by atoms with Crippen molar-refractivity contribution in [2.24, 2.45) is 0 Å². The van der Waals surface area contributed by atoms with Gasteiger partial charge in [0.2, 0.25) is 0 Å². The van der Waals surface area contributed by atoms with Crippen LogP contribution in [0.1, 0.15) is 25.3 Å². The molecule has 2 aromatic rings. The van der Waals surface area contributed by atoms with Crippen LogP contribution in [-0.4, -0.2) is 14.8 Å². The summed E-state index contributed by atoms with van der Waals surface area (Å²) in [7, 11) is 0. The average molecular weight is 316 g/mol. The number of benzene rings is 1. The van der Waals surface area contributed by atoms with Gasteiger partial charge in [0, 0.05) is 22.9 Å². The molecule has 1 aromatic heterocycles. The number of H-pyrrole nitrogens is 1. The molecule has 0 bridgehead atoms. The van der Waals surface area contributed by atoms with E-state index in [-0.39, 0.29) is 11.5 Å². The monoisotopic (exact) mass is 315 g/mol. The third-order valence-electron chi connectivity index (χ3n) is 2.87. The van der Waals surface area contributed by atoms with Crippen LogP contribution in [0.2, 0.25) is 5.02 Å². The Bertz CT molecular complexity index is 621. The van der Waals surface area contributed by atoms with E-state index in [1.54, 1.807) is 16.7 Å². The minimum atomic E-state index is -0.344. The topological polar surface area (TPSA) is 50.7 Å². The van der Waals surface area contributed by atoms with Gasteiger partial charge in [-0.15, -0.1) is 5.10 Å². The molecule has 0 atom stereocenters. The largest absolute Gasteiger partial charge is 0.343 e. The molecule has 0 unspecified atom stereocenters. The number of nitrogens with one attached hydrogen (secondary N) is 1. The van der Waals surface area contributed by atoms with E-state index in [0.717, 1.165) is 12.8 Å². The summed E-state index contributed by atoms with van der Waals surface area (Å²) in [5.41, 5.74) is 0.192. The molecule has 20 heavy (non-hydrogen) atoms. The fraction of sp³-hybridized carbons (Fsp3) is 0.385. The van der Waals surface area contributed by atoms with Crippen molar-refractivity contribution in [1.82, 2.24) is 14.8 Å². The molecule has 1 N–H and O–H groups in total. The second-order valence-electron chi connectivity index (χ2n) is 4.31. The first-order valence-electron chi connectivity index (χ1n) is 6.34. The molecule has 0 saturated heterocycles. The van der Waals surface area contributed by atoms with E-state index in [9.17, 15) is 9.18 Å². The molecule has 0 spiro atoms. The van der Waals surface area contributed by atoms with Crippen molar-refractivity contribution in [2.75, 3.05) is 0 Å². The van der Waals surface area contributed by atoms with E-state index in [1.807, 2.05) is 0 Å². The van der Waals surface area contributed by atoms with Gasteiger partial charge < -0.3 is 0 Å². The maximum Gasteiger partial charge on any atom is 0.343 e. The molecule has 108 valence electrons. The highest BCUT2D eigenvalue weighted by Gasteiger charge is 2.12. The van der Waals surface area contributed by atoms with Gasteiger partial charge in [-0.3, -0.25) is 4.57 Å². The Morgan fingerprint density at radius 3 is 3.00 bits per heavy atom.